The standard InChI is InChI=1S/C18H13N3O7S/c1-10-3-2-4-13(21(26)27)17(10)19-16(22)9-28-18(23)15-8-11-7-12(20(24)25)5-6-14(11)29-15/h2-8H,9H2,1H3,(H,19,22). The van der Waals surface area contributed by atoms with Crippen LogP contribution in [-0.2, 0) is 9.53 Å². The van der Waals surface area contributed by atoms with Gasteiger partial charge in [-0.15, -0.1) is 11.3 Å². The minimum Gasteiger partial charge on any atom is -0.451 e. The summed E-state index contributed by atoms with van der Waals surface area (Å²) in [7, 11) is 0. The zero-order valence-electron chi connectivity index (χ0n) is 14.9. The fourth-order valence-corrected chi connectivity index (χ4v) is 3.53. The highest BCUT2D eigenvalue weighted by atomic mass is 32.1. The predicted octanol–water partition coefficient (Wildman–Crippen LogP) is 3.82. The maximum Gasteiger partial charge on any atom is 0.348 e. The van der Waals surface area contributed by atoms with E-state index in [1.807, 2.05) is 0 Å². The number of nitro groups is 2. The van der Waals surface area contributed by atoms with E-state index < -0.39 is 28.3 Å². The summed E-state index contributed by atoms with van der Waals surface area (Å²) in [6, 6.07) is 9.99. The van der Waals surface area contributed by atoms with Crippen LogP contribution < -0.4 is 5.32 Å². The summed E-state index contributed by atoms with van der Waals surface area (Å²) in [5, 5.41) is 24.8. The molecule has 3 aromatic rings. The summed E-state index contributed by atoms with van der Waals surface area (Å²) in [4.78, 5) is 45.2. The van der Waals surface area contributed by atoms with Crippen LogP contribution in [0.3, 0.4) is 0 Å². The van der Waals surface area contributed by atoms with Gasteiger partial charge in [-0.1, -0.05) is 12.1 Å². The predicted molar refractivity (Wildman–Crippen MR) is 105 cm³/mol. The van der Waals surface area contributed by atoms with Gasteiger partial charge in [0.2, 0.25) is 0 Å². The molecule has 2 aromatic carbocycles. The van der Waals surface area contributed by atoms with E-state index in [-0.39, 0.29) is 21.9 Å². The van der Waals surface area contributed by atoms with Gasteiger partial charge >= 0.3 is 5.97 Å². The minimum atomic E-state index is -0.775. The number of esters is 1. The van der Waals surface area contributed by atoms with E-state index in [0.29, 0.717) is 15.6 Å². The number of benzene rings is 2. The molecule has 1 aromatic heterocycles. The van der Waals surface area contributed by atoms with Crippen molar-refractivity contribution in [3.8, 4) is 0 Å². The van der Waals surface area contributed by atoms with Gasteiger partial charge in [0.25, 0.3) is 17.3 Å². The van der Waals surface area contributed by atoms with Gasteiger partial charge < -0.3 is 10.1 Å². The average molecular weight is 415 g/mol. The van der Waals surface area contributed by atoms with Gasteiger partial charge in [-0.2, -0.15) is 0 Å². The fraction of sp³-hybridized carbons (Fsp3) is 0.111. The molecule has 0 radical (unpaired) electrons. The van der Waals surface area contributed by atoms with Crippen molar-refractivity contribution in [2.75, 3.05) is 11.9 Å². The Morgan fingerprint density at radius 2 is 1.86 bits per heavy atom. The van der Waals surface area contributed by atoms with Crippen molar-refractivity contribution in [1.29, 1.82) is 0 Å². The van der Waals surface area contributed by atoms with Crippen LogP contribution in [0.5, 0.6) is 0 Å². The number of anilines is 1. The molecule has 0 saturated carbocycles. The second-order valence-electron chi connectivity index (χ2n) is 5.94. The molecule has 0 aliphatic carbocycles. The van der Waals surface area contributed by atoms with E-state index in [0.717, 1.165) is 11.3 Å². The smallest absolute Gasteiger partial charge is 0.348 e. The molecular formula is C18H13N3O7S. The van der Waals surface area contributed by atoms with Crippen molar-refractivity contribution in [2.45, 2.75) is 6.92 Å². The highest BCUT2D eigenvalue weighted by Crippen LogP contribution is 2.30. The molecule has 148 valence electrons. The lowest BCUT2D eigenvalue weighted by molar-refractivity contribution is -0.384. The van der Waals surface area contributed by atoms with Crippen LogP contribution >= 0.6 is 11.3 Å². The zero-order chi connectivity index (χ0) is 21.1. The molecule has 0 bridgehead atoms. The van der Waals surface area contributed by atoms with E-state index >= 15 is 0 Å². The minimum absolute atomic E-state index is 0.0349. The Bertz CT molecular complexity index is 1160. The number of non-ortho nitro benzene ring substituents is 1. The first-order chi connectivity index (χ1) is 13.8. The Morgan fingerprint density at radius 1 is 1.10 bits per heavy atom. The second-order valence-corrected chi connectivity index (χ2v) is 7.02. The molecule has 0 atom stereocenters. The topological polar surface area (TPSA) is 142 Å². The third-order valence-corrected chi connectivity index (χ3v) is 5.05. The lowest BCUT2D eigenvalue weighted by Crippen LogP contribution is -2.21. The molecule has 1 N–H and O–H groups in total. The number of hydrogen-bond acceptors (Lipinski definition) is 8. The van der Waals surface area contributed by atoms with E-state index in [1.54, 1.807) is 13.0 Å². The summed E-state index contributed by atoms with van der Waals surface area (Å²) < 4.78 is 5.62. The first-order valence-electron chi connectivity index (χ1n) is 8.15. The molecule has 0 saturated heterocycles. The highest BCUT2D eigenvalue weighted by molar-refractivity contribution is 7.20. The van der Waals surface area contributed by atoms with Crippen molar-refractivity contribution in [3.05, 3.63) is 73.1 Å². The second kappa shape index (κ2) is 8.02. The molecule has 11 heteroatoms. The summed E-state index contributed by atoms with van der Waals surface area (Å²) in [5.41, 5.74) is 0.155. The Hall–Kier alpha value is -3.86. The zero-order valence-corrected chi connectivity index (χ0v) is 15.7. The number of carbonyl (C=O) groups excluding carboxylic acids is 2. The van der Waals surface area contributed by atoms with Crippen molar-refractivity contribution >= 4 is 50.4 Å². The number of amides is 1. The van der Waals surface area contributed by atoms with E-state index in [4.69, 9.17) is 4.74 Å². The molecule has 0 unspecified atom stereocenters. The van der Waals surface area contributed by atoms with Gasteiger partial charge in [0.15, 0.2) is 6.61 Å². The van der Waals surface area contributed by atoms with E-state index in [9.17, 15) is 29.8 Å². The van der Waals surface area contributed by atoms with Crippen molar-refractivity contribution < 1.29 is 24.2 Å². The molecule has 1 amide bonds. The van der Waals surface area contributed by atoms with Crippen LogP contribution in [0.2, 0.25) is 0 Å². The normalized spacial score (nSPS) is 10.5. The third-order valence-electron chi connectivity index (χ3n) is 3.96. The number of rotatable bonds is 6. The quantitative estimate of drug-likeness (QED) is 0.366. The maximum atomic E-state index is 12.2. The Morgan fingerprint density at radius 3 is 2.55 bits per heavy atom. The van der Waals surface area contributed by atoms with Crippen LogP contribution in [0.1, 0.15) is 15.2 Å². The van der Waals surface area contributed by atoms with Crippen molar-refractivity contribution in [3.63, 3.8) is 0 Å². The molecule has 29 heavy (non-hydrogen) atoms. The largest absolute Gasteiger partial charge is 0.451 e. The molecule has 10 nitrogen and oxygen atoms in total. The number of hydrogen-bond donors (Lipinski definition) is 1. The molecule has 0 spiro atoms. The molecule has 1 heterocycles. The summed E-state index contributed by atoms with van der Waals surface area (Å²) in [6.45, 7) is 0.962. The number of aryl methyl sites for hydroxylation is 1. The van der Waals surface area contributed by atoms with Gasteiger partial charge in [0.05, 0.1) is 9.85 Å². The van der Waals surface area contributed by atoms with Crippen LogP contribution in [0.15, 0.2) is 42.5 Å². The maximum absolute atomic E-state index is 12.2. The van der Waals surface area contributed by atoms with Crippen molar-refractivity contribution in [1.82, 2.24) is 0 Å². The number of nitrogens with zero attached hydrogens (tertiary/aromatic N) is 2. The molecule has 0 aliphatic rings. The Balaban J connectivity index is 1.68. The number of carbonyl (C=O) groups is 2. The van der Waals surface area contributed by atoms with Crippen LogP contribution in [0.4, 0.5) is 17.1 Å². The number of fused-ring (bicyclic) bond motifs is 1. The lowest BCUT2D eigenvalue weighted by atomic mass is 10.1. The summed E-state index contributed by atoms with van der Waals surface area (Å²) >= 11 is 1.07. The van der Waals surface area contributed by atoms with Gasteiger partial charge in [0, 0.05) is 28.3 Å². The molecule has 3 rings (SSSR count). The molecule has 0 fully saturated rings. The van der Waals surface area contributed by atoms with E-state index in [1.165, 1.54) is 36.4 Å². The first kappa shape index (κ1) is 19.9. The number of para-hydroxylation sites is 1. The van der Waals surface area contributed by atoms with Gasteiger partial charge in [-0.05, 0) is 24.6 Å². The average Bonchev–Trinajstić information content (AvgIpc) is 3.10. The lowest BCUT2D eigenvalue weighted by Gasteiger charge is -2.09. The van der Waals surface area contributed by atoms with Crippen molar-refractivity contribution in [2.24, 2.45) is 0 Å². The van der Waals surface area contributed by atoms with Crippen LogP contribution in [0, 0.1) is 27.2 Å². The molecule has 0 aliphatic heterocycles. The number of nitro benzene ring substituents is 2. The molecular weight excluding hydrogens is 402 g/mol. The summed E-state index contributed by atoms with van der Waals surface area (Å²) in [6.07, 6.45) is 0. The highest BCUT2D eigenvalue weighted by Gasteiger charge is 2.19. The van der Waals surface area contributed by atoms with Gasteiger partial charge in [-0.3, -0.25) is 25.0 Å². The summed E-state index contributed by atoms with van der Waals surface area (Å²) in [5.74, 6) is -1.50. The monoisotopic (exact) mass is 415 g/mol. The SMILES string of the molecule is Cc1cccc([N+](=O)[O-])c1NC(=O)COC(=O)c1cc2cc([N+](=O)[O-])ccc2s1. The third kappa shape index (κ3) is 4.35. The van der Waals surface area contributed by atoms with Crippen LogP contribution in [0.25, 0.3) is 10.1 Å². The first-order valence-corrected chi connectivity index (χ1v) is 8.97. The fourth-order valence-electron chi connectivity index (χ4n) is 2.59. The van der Waals surface area contributed by atoms with Gasteiger partial charge in [-0.25, -0.2) is 4.79 Å². The number of nitrogens with one attached hydrogen (secondary N) is 1. The van der Waals surface area contributed by atoms with Gasteiger partial charge in [0.1, 0.15) is 10.6 Å². The Kier molecular flexibility index (Phi) is 5.50. The number of thiophene rings is 1. The van der Waals surface area contributed by atoms with E-state index in [2.05, 4.69) is 5.32 Å². The van der Waals surface area contributed by atoms with Crippen LogP contribution in [-0.4, -0.2) is 28.3 Å². The number of ether oxygens (including phenoxy) is 1. The Labute approximate surface area is 167 Å².